The van der Waals surface area contributed by atoms with Gasteiger partial charge in [0.25, 0.3) is 0 Å². The maximum absolute atomic E-state index is 11.8. The SMILES string of the molecule is O=C1CCCN1c1ccc(NC(=S)NCCSCc2cccc(Cl)c2)cc1. The second-order valence-corrected chi connectivity index (χ2v) is 8.21. The first-order chi connectivity index (χ1) is 13.1. The molecule has 2 aromatic rings. The summed E-state index contributed by atoms with van der Waals surface area (Å²) in [6, 6.07) is 15.7. The molecule has 2 N–H and O–H groups in total. The molecule has 1 fully saturated rings. The number of anilines is 2. The number of thiocarbonyl (C=S) groups is 1. The molecular formula is C20H22ClN3OS2. The van der Waals surface area contributed by atoms with Crippen molar-refractivity contribution in [2.45, 2.75) is 18.6 Å². The summed E-state index contributed by atoms with van der Waals surface area (Å²) >= 11 is 13.2. The molecule has 0 spiro atoms. The standard InChI is InChI=1S/C20H22ClN3OS2/c21-16-4-1-3-15(13-16)14-27-12-10-22-20(26)23-17-6-8-18(9-7-17)24-11-2-5-19(24)25/h1,3-4,6-9,13H,2,5,10-12,14H2,(H2,22,23,26). The first kappa shape index (κ1) is 20.0. The number of hydrogen-bond acceptors (Lipinski definition) is 3. The Kier molecular flexibility index (Phi) is 7.38. The Morgan fingerprint density at radius 2 is 2.04 bits per heavy atom. The smallest absolute Gasteiger partial charge is 0.227 e. The fourth-order valence-corrected chi connectivity index (χ4v) is 4.11. The van der Waals surface area contributed by atoms with Gasteiger partial charge in [0, 0.05) is 47.4 Å². The second-order valence-electron chi connectivity index (χ2n) is 6.26. The molecule has 0 aromatic heterocycles. The lowest BCUT2D eigenvalue weighted by molar-refractivity contribution is -0.117. The van der Waals surface area contributed by atoms with Crippen LogP contribution in [0.25, 0.3) is 0 Å². The van der Waals surface area contributed by atoms with E-state index in [2.05, 4.69) is 16.7 Å². The highest BCUT2D eigenvalue weighted by molar-refractivity contribution is 7.98. The number of carbonyl (C=O) groups is 1. The maximum Gasteiger partial charge on any atom is 0.227 e. The third-order valence-corrected chi connectivity index (χ3v) is 5.71. The number of thioether (sulfide) groups is 1. The van der Waals surface area contributed by atoms with Crippen LogP contribution < -0.4 is 15.5 Å². The van der Waals surface area contributed by atoms with Crippen LogP contribution in [0.4, 0.5) is 11.4 Å². The molecule has 3 rings (SSSR count). The van der Waals surface area contributed by atoms with Crippen LogP contribution in [0.3, 0.4) is 0 Å². The van der Waals surface area contributed by atoms with Crippen LogP contribution in [0.2, 0.25) is 5.02 Å². The van der Waals surface area contributed by atoms with Crippen molar-refractivity contribution in [3.8, 4) is 0 Å². The molecule has 4 nitrogen and oxygen atoms in total. The lowest BCUT2D eigenvalue weighted by Crippen LogP contribution is -2.30. The molecule has 0 radical (unpaired) electrons. The molecule has 0 atom stereocenters. The minimum atomic E-state index is 0.197. The van der Waals surface area contributed by atoms with E-state index in [1.807, 2.05) is 59.1 Å². The van der Waals surface area contributed by atoms with Crippen molar-refractivity contribution in [3.05, 3.63) is 59.1 Å². The Balaban J connectivity index is 1.36. The van der Waals surface area contributed by atoms with Gasteiger partial charge in [0.05, 0.1) is 0 Å². The van der Waals surface area contributed by atoms with Gasteiger partial charge in [-0.15, -0.1) is 0 Å². The van der Waals surface area contributed by atoms with Gasteiger partial charge < -0.3 is 15.5 Å². The fraction of sp³-hybridized carbons (Fsp3) is 0.300. The van der Waals surface area contributed by atoms with E-state index in [1.54, 1.807) is 0 Å². The van der Waals surface area contributed by atoms with Crippen molar-refractivity contribution in [1.82, 2.24) is 5.32 Å². The zero-order chi connectivity index (χ0) is 19.1. The minimum Gasteiger partial charge on any atom is -0.362 e. The van der Waals surface area contributed by atoms with Crippen LogP contribution in [0.15, 0.2) is 48.5 Å². The molecule has 1 amide bonds. The topological polar surface area (TPSA) is 44.4 Å². The van der Waals surface area contributed by atoms with Crippen molar-refractivity contribution in [3.63, 3.8) is 0 Å². The lowest BCUT2D eigenvalue weighted by Gasteiger charge is -2.16. The van der Waals surface area contributed by atoms with Gasteiger partial charge in [0.1, 0.15) is 0 Å². The van der Waals surface area contributed by atoms with Gasteiger partial charge in [-0.2, -0.15) is 11.8 Å². The van der Waals surface area contributed by atoms with E-state index in [-0.39, 0.29) is 5.91 Å². The highest BCUT2D eigenvalue weighted by atomic mass is 35.5. The summed E-state index contributed by atoms with van der Waals surface area (Å²) in [5.74, 6) is 2.08. The van der Waals surface area contributed by atoms with E-state index >= 15 is 0 Å². The molecule has 2 aromatic carbocycles. The highest BCUT2D eigenvalue weighted by Gasteiger charge is 2.21. The van der Waals surface area contributed by atoms with Gasteiger partial charge in [-0.25, -0.2) is 0 Å². The van der Waals surface area contributed by atoms with E-state index in [0.29, 0.717) is 11.5 Å². The summed E-state index contributed by atoms with van der Waals surface area (Å²) in [7, 11) is 0. The summed E-state index contributed by atoms with van der Waals surface area (Å²) in [5.41, 5.74) is 3.08. The Labute approximate surface area is 174 Å². The Morgan fingerprint density at radius 1 is 1.22 bits per heavy atom. The summed E-state index contributed by atoms with van der Waals surface area (Å²) in [5, 5.41) is 7.77. The number of carbonyl (C=O) groups excluding carboxylic acids is 1. The molecule has 1 aliphatic rings. The zero-order valence-electron chi connectivity index (χ0n) is 14.9. The number of benzene rings is 2. The van der Waals surface area contributed by atoms with Gasteiger partial charge in [-0.05, 0) is 60.6 Å². The van der Waals surface area contributed by atoms with E-state index in [0.717, 1.165) is 47.4 Å². The zero-order valence-corrected chi connectivity index (χ0v) is 17.3. The molecule has 1 aliphatic heterocycles. The molecular weight excluding hydrogens is 398 g/mol. The van der Waals surface area contributed by atoms with Crippen molar-refractivity contribution in [1.29, 1.82) is 0 Å². The van der Waals surface area contributed by atoms with Crippen LogP contribution in [-0.4, -0.2) is 29.9 Å². The number of halogens is 1. The second kappa shape index (κ2) is 9.97. The average Bonchev–Trinajstić information content (AvgIpc) is 3.08. The Bertz CT molecular complexity index is 798. The van der Waals surface area contributed by atoms with Gasteiger partial charge in [0.15, 0.2) is 5.11 Å². The molecule has 1 heterocycles. The van der Waals surface area contributed by atoms with Gasteiger partial charge in [-0.1, -0.05) is 23.7 Å². The minimum absolute atomic E-state index is 0.197. The van der Waals surface area contributed by atoms with Crippen molar-refractivity contribution >= 4 is 58.0 Å². The summed E-state index contributed by atoms with van der Waals surface area (Å²) < 4.78 is 0. The number of nitrogens with one attached hydrogen (secondary N) is 2. The third kappa shape index (κ3) is 6.13. The predicted molar refractivity (Wildman–Crippen MR) is 120 cm³/mol. The van der Waals surface area contributed by atoms with E-state index in [4.69, 9.17) is 23.8 Å². The Morgan fingerprint density at radius 3 is 2.74 bits per heavy atom. The Hall–Kier alpha value is -1.76. The maximum atomic E-state index is 11.8. The van der Waals surface area contributed by atoms with Crippen molar-refractivity contribution in [2.75, 3.05) is 29.1 Å². The highest BCUT2D eigenvalue weighted by Crippen LogP contribution is 2.23. The molecule has 7 heteroatoms. The third-order valence-electron chi connectivity index (χ3n) is 4.20. The van der Waals surface area contributed by atoms with Gasteiger partial charge in [0.2, 0.25) is 5.91 Å². The molecule has 0 unspecified atom stereocenters. The first-order valence-electron chi connectivity index (χ1n) is 8.89. The summed E-state index contributed by atoms with van der Waals surface area (Å²) in [6.45, 7) is 1.59. The van der Waals surface area contributed by atoms with E-state index in [1.165, 1.54) is 5.56 Å². The van der Waals surface area contributed by atoms with E-state index in [9.17, 15) is 4.79 Å². The molecule has 0 aliphatic carbocycles. The monoisotopic (exact) mass is 419 g/mol. The van der Waals surface area contributed by atoms with Crippen LogP contribution in [0.5, 0.6) is 0 Å². The molecule has 0 bridgehead atoms. The van der Waals surface area contributed by atoms with Crippen LogP contribution in [0, 0.1) is 0 Å². The number of amides is 1. The largest absolute Gasteiger partial charge is 0.362 e. The lowest BCUT2D eigenvalue weighted by atomic mass is 10.2. The van der Waals surface area contributed by atoms with Crippen LogP contribution >= 0.6 is 35.6 Å². The molecule has 142 valence electrons. The fourth-order valence-electron chi connectivity index (χ4n) is 2.87. The van der Waals surface area contributed by atoms with E-state index < -0.39 is 0 Å². The number of rotatable bonds is 7. The average molecular weight is 420 g/mol. The molecule has 27 heavy (non-hydrogen) atoms. The van der Waals surface area contributed by atoms with Gasteiger partial charge >= 0.3 is 0 Å². The van der Waals surface area contributed by atoms with Crippen molar-refractivity contribution in [2.24, 2.45) is 0 Å². The summed E-state index contributed by atoms with van der Waals surface area (Å²) in [4.78, 5) is 13.6. The molecule has 0 saturated carbocycles. The normalized spacial score (nSPS) is 13.7. The number of nitrogens with zero attached hydrogens (tertiary/aromatic N) is 1. The summed E-state index contributed by atoms with van der Waals surface area (Å²) in [6.07, 6.45) is 1.57. The van der Waals surface area contributed by atoms with Crippen molar-refractivity contribution < 1.29 is 4.79 Å². The molecule has 1 saturated heterocycles. The quantitative estimate of drug-likeness (QED) is 0.503. The van der Waals surface area contributed by atoms with Gasteiger partial charge in [-0.3, -0.25) is 4.79 Å². The number of hydrogen-bond donors (Lipinski definition) is 2. The van der Waals surface area contributed by atoms with Crippen LogP contribution in [0.1, 0.15) is 18.4 Å². The van der Waals surface area contributed by atoms with Crippen LogP contribution in [-0.2, 0) is 10.5 Å². The first-order valence-corrected chi connectivity index (χ1v) is 10.8. The predicted octanol–water partition coefficient (Wildman–Crippen LogP) is 4.69.